The summed E-state index contributed by atoms with van der Waals surface area (Å²) in [5.74, 6) is -0.576. The number of anilines is 1. The number of nitrogens with zero attached hydrogens (tertiary/aromatic N) is 2. The molecule has 2 aromatic rings. The number of halogens is 1. The Labute approximate surface area is 114 Å². The van der Waals surface area contributed by atoms with E-state index >= 15 is 0 Å². The Morgan fingerprint density at radius 1 is 1.30 bits per heavy atom. The lowest BCUT2D eigenvalue weighted by Crippen LogP contribution is -2.01. The Balaban J connectivity index is 2.11. The van der Waals surface area contributed by atoms with Gasteiger partial charge in [0.2, 0.25) is 0 Å². The van der Waals surface area contributed by atoms with Crippen LogP contribution in [0.3, 0.4) is 0 Å². The van der Waals surface area contributed by atoms with Gasteiger partial charge in [-0.25, -0.2) is 4.39 Å². The second-order valence-electron chi connectivity index (χ2n) is 4.09. The molecule has 0 fully saturated rings. The van der Waals surface area contributed by atoms with Gasteiger partial charge in [-0.2, -0.15) is 5.26 Å². The van der Waals surface area contributed by atoms with Gasteiger partial charge in [-0.05, 0) is 23.8 Å². The number of hydrogen-bond acceptors (Lipinski definition) is 4. The van der Waals surface area contributed by atoms with Crippen molar-refractivity contribution >= 4 is 11.4 Å². The number of rotatable bonds is 4. The summed E-state index contributed by atoms with van der Waals surface area (Å²) in [5.41, 5.74) is 1.27. The molecule has 0 spiro atoms. The molecule has 0 saturated carbocycles. The third-order valence-electron chi connectivity index (χ3n) is 2.70. The van der Waals surface area contributed by atoms with Crippen molar-refractivity contribution < 1.29 is 9.31 Å². The SMILES string of the molecule is N#Cc1cc(NCc2cccc([N+](=O)[O-])c2)ccc1F. The topological polar surface area (TPSA) is 79.0 Å². The maximum atomic E-state index is 13.1. The van der Waals surface area contributed by atoms with Gasteiger partial charge in [0.25, 0.3) is 5.69 Å². The van der Waals surface area contributed by atoms with E-state index in [2.05, 4.69) is 5.32 Å². The molecule has 0 aliphatic rings. The van der Waals surface area contributed by atoms with Gasteiger partial charge in [0.05, 0.1) is 10.5 Å². The van der Waals surface area contributed by atoms with E-state index in [1.54, 1.807) is 18.2 Å². The van der Waals surface area contributed by atoms with E-state index in [-0.39, 0.29) is 11.3 Å². The first-order valence-electron chi connectivity index (χ1n) is 5.77. The third-order valence-corrected chi connectivity index (χ3v) is 2.70. The molecule has 0 atom stereocenters. The van der Waals surface area contributed by atoms with Crippen LogP contribution in [-0.4, -0.2) is 4.92 Å². The molecule has 0 heterocycles. The Kier molecular flexibility index (Phi) is 3.91. The van der Waals surface area contributed by atoms with E-state index in [4.69, 9.17) is 5.26 Å². The summed E-state index contributed by atoms with van der Waals surface area (Å²) >= 11 is 0. The summed E-state index contributed by atoms with van der Waals surface area (Å²) in [4.78, 5) is 10.2. The van der Waals surface area contributed by atoms with Gasteiger partial charge >= 0.3 is 0 Å². The molecule has 5 nitrogen and oxygen atoms in total. The number of nitro benzene ring substituents is 1. The molecule has 0 aliphatic carbocycles. The first kappa shape index (κ1) is 13.5. The average Bonchev–Trinajstić information content (AvgIpc) is 2.46. The molecule has 0 amide bonds. The Hall–Kier alpha value is -2.94. The molecule has 0 radical (unpaired) electrons. The molecule has 20 heavy (non-hydrogen) atoms. The van der Waals surface area contributed by atoms with Crippen LogP contribution in [0.25, 0.3) is 0 Å². The predicted molar refractivity (Wildman–Crippen MR) is 71.5 cm³/mol. The summed E-state index contributed by atoms with van der Waals surface area (Å²) in [6.45, 7) is 0.345. The Bertz CT molecular complexity index is 695. The standard InChI is InChI=1S/C14H10FN3O2/c15-14-5-4-12(7-11(14)8-16)17-9-10-2-1-3-13(6-10)18(19)20/h1-7,17H,9H2. The van der Waals surface area contributed by atoms with Crippen LogP contribution >= 0.6 is 0 Å². The highest BCUT2D eigenvalue weighted by molar-refractivity contribution is 5.50. The van der Waals surface area contributed by atoms with Crippen molar-refractivity contribution in [1.29, 1.82) is 5.26 Å². The van der Waals surface area contributed by atoms with Crippen LogP contribution in [0.1, 0.15) is 11.1 Å². The number of nitro groups is 1. The molecule has 0 aromatic heterocycles. The van der Waals surface area contributed by atoms with Crippen LogP contribution in [0.15, 0.2) is 42.5 Å². The molecule has 2 aromatic carbocycles. The van der Waals surface area contributed by atoms with E-state index in [9.17, 15) is 14.5 Å². The average molecular weight is 271 g/mol. The van der Waals surface area contributed by atoms with E-state index in [0.29, 0.717) is 12.2 Å². The highest BCUT2D eigenvalue weighted by Gasteiger charge is 2.06. The van der Waals surface area contributed by atoms with Crippen LogP contribution in [0.4, 0.5) is 15.8 Å². The lowest BCUT2D eigenvalue weighted by atomic mass is 10.1. The quantitative estimate of drug-likeness (QED) is 0.684. The zero-order chi connectivity index (χ0) is 14.5. The molecule has 6 heteroatoms. The molecule has 0 bridgehead atoms. The molecule has 1 N–H and O–H groups in total. The van der Waals surface area contributed by atoms with Gasteiger partial charge in [-0.1, -0.05) is 12.1 Å². The fourth-order valence-electron chi connectivity index (χ4n) is 1.71. The molecule has 100 valence electrons. The minimum Gasteiger partial charge on any atom is -0.381 e. The number of nitriles is 1. The van der Waals surface area contributed by atoms with Crippen molar-refractivity contribution in [3.05, 3.63) is 69.5 Å². The van der Waals surface area contributed by atoms with Crippen LogP contribution in [-0.2, 0) is 6.54 Å². The Morgan fingerprint density at radius 3 is 2.80 bits per heavy atom. The van der Waals surface area contributed by atoms with Crippen molar-refractivity contribution in [3.8, 4) is 6.07 Å². The van der Waals surface area contributed by atoms with E-state index in [1.165, 1.54) is 30.3 Å². The summed E-state index contributed by atoms with van der Waals surface area (Å²) in [6, 6.07) is 12.1. The predicted octanol–water partition coefficient (Wildman–Crippen LogP) is 3.22. The highest BCUT2D eigenvalue weighted by Crippen LogP contribution is 2.17. The normalized spacial score (nSPS) is 9.80. The maximum Gasteiger partial charge on any atom is 0.269 e. The monoisotopic (exact) mass is 271 g/mol. The van der Waals surface area contributed by atoms with Crippen LogP contribution in [0, 0.1) is 27.3 Å². The second-order valence-corrected chi connectivity index (χ2v) is 4.09. The number of non-ortho nitro benzene ring substituents is 1. The second kappa shape index (κ2) is 5.80. The molecule has 0 saturated heterocycles. The number of nitrogens with one attached hydrogen (secondary N) is 1. The summed E-state index contributed by atoms with van der Waals surface area (Å²) in [7, 11) is 0. The molecule has 0 aliphatic heterocycles. The van der Waals surface area contributed by atoms with Gasteiger partial charge in [-0.3, -0.25) is 10.1 Å². The molecular weight excluding hydrogens is 261 g/mol. The largest absolute Gasteiger partial charge is 0.381 e. The summed E-state index contributed by atoms with van der Waals surface area (Å²) in [6.07, 6.45) is 0. The van der Waals surface area contributed by atoms with Gasteiger partial charge in [0.15, 0.2) is 0 Å². The van der Waals surface area contributed by atoms with Crippen molar-refractivity contribution in [2.45, 2.75) is 6.54 Å². The van der Waals surface area contributed by atoms with E-state index < -0.39 is 10.7 Å². The number of benzene rings is 2. The lowest BCUT2D eigenvalue weighted by Gasteiger charge is -2.07. The summed E-state index contributed by atoms with van der Waals surface area (Å²) in [5, 5.41) is 22.4. The molecule has 0 unspecified atom stereocenters. The van der Waals surface area contributed by atoms with Crippen molar-refractivity contribution in [3.63, 3.8) is 0 Å². The van der Waals surface area contributed by atoms with Crippen LogP contribution < -0.4 is 5.32 Å². The molecule has 2 rings (SSSR count). The van der Waals surface area contributed by atoms with Crippen molar-refractivity contribution in [2.24, 2.45) is 0 Å². The fourth-order valence-corrected chi connectivity index (χ4v) is 1.71. The minimum atomic E-state index is -0.576. The van der Waals surface area contributed by atoms with Crippen molar-refractivity contribution in [2.75, 3.05) is 5.32 Å². The lowest BCUT2D eigenvalue weighted by molar-refractivity contribution is -0.384. The van der Waals surface area contributed by atoms with Gasteiger partial charge in [-0.15, -0.1) is 0 Å². The highest BCUT2D eigenvalue weighted by atomic mass is 19.1. The van der Waals surface area contributed by atoms with Gasteiger partial charge in [0.1, 0.15) is 11.9 Å². The first-order valence-corrected chi connectivity index (χ1v) is 5.77. The molecular formula is C14H10FN3O2. The zero-order valence-electron chi connectivity index (χ0n) is 10.3. The maximum absolute atomic E-state index is 13.1. The third kappa shape index (κ3) is 3.09. The van der Waals surface area contributed by atoms with Crippen LogP contribution in [0.2, 0.25) is 0 Å². The fraction of sp³-hybridized carbons (Fsp3) is 0.0714. The van der Waals surface area contributed by atoms with Crippen molar-refractivity contribution in [1.82, 2.24) is 0 Å². The van der Waals surface area contributed by atoms with E-state index in [0.717, 1.165) is 5.56 Å². The summed E-state index contributed by atoms with van der Waals surface area (Å²) < 4.78 is 13.1. The minimum absolute atomic E-state index is 0.0149. The van der Waals surface area contributed by atoms with Crippen LogP contribution in [0.5, 0.6) is 0 Å². The smallest absolute Gasteiger partial charge is 0.269 e. The first-order chi connectivity index (χ1) is 9.60. The number of hydrogen-bond donors (Lipinski definition) is 1. The van der Waals surface area contributed by atoms with Gasteiger partial charge < -0.3 is 5.32 Å². The zero-order valence-corrected chi connectivity index (χ0v) is 10.3. The van der Waals surface area contributed by atoms with E-state index in [1.807, 2.05) is 0 Å². The van der Waals surface area contributed by atoms with Gasteiger partial charge in [0, 0.05) is 24.4 Å². The Morgan fingerprint density at radius 2 is 2.10 bits per heavy atom.